The lowest BCUT2D eigenvalue weighted by atomic mass is 9.86. The van der Waals surface area contributed by atoms with Crippen molar-refractivity contribution in [2.45, 2.75) is 38.1 Å². The van der Waals surface area contributed by atoms with Gasteiger partial charge in [0, 0.05) is 30.3 Å². The number of hydrogen-bond donors (Lipinski definition) is 2. The second kappa shape index (κ2) is 8.05. The Kier molecular flexibility index (Phi) is 5.33. The van der Waals surface area contributed by atoms with Crippen LogP contribution in [0.15, 0.2) is 48.5 Å². The van der Waals surface area contributed by atoms with Gasteiger partial charge in [0.05, 0.1) is 6.04 Å². The van der Waals surface area contributed by atoms with Crippen LogP contribution in [-0.2, 0) is 11.2 Å². The number of rotatable bonds is 3. The zero-order valence-electron chi connectivity index (χ0n) is 16.1. The Bertz CT molecular complexity index is 857. The van der Waals surface area contributed by atoms with Crippen LogP contribution in [0.25, 0.3) is 0 Å². The number of likely N-dealkylation sites (tertiary alicyclic amines) is 1. The molecule has 1 heterocycles. The SMILES string of the molecule is Nc1ccc2c(c1)CCCC2NC(=O)C1CCN(C(=O)c2ccccc2)CC1. The lowest BCUT2D eigenvalue weighted by Gasteiger charge is -2.33. The molecular formula is C23H27N3O2. The Morgan fingerprint density at radius 3 is 2.50 bits per heavy atom. The average molecular weight is 377 g/mol. The number of amides is 2. The van der Waals surface area contributed by atoms with E-state index >= 15 is 0 Å². The maximum atomic E-state index is 12.9. The summed E-state index contributed by atoms with van der Waals surface area (Å²) in [6.07, 6.45) is 4.48. The molecule has 0 radical (unpaired) electrons. The molecule has 1 aliphatic carbocycles. The van der Waals surface area contributed by atoms with E-state index in [1.54, 1.807) is 0 Å². The number of hydrogen-bond acceptors (Lipinski definition) is 3. The van der Waals surface area contributed by atoms with Crippen molar-refractivity contribution < 1.29 is 9.59 Å². The second-order valence-corrected chi connectivity index (χ2v) is 7.84. The summed E-state index contributed by atoms with van der Waals surface area (Å²) < 4.78 is 0. The van der Waals surface area contributed by atoms with Gasteiger partial charge < -0.3 is 16.0 Å². The number of fused-ring (bicyclic) bond motifs is 1. The van der Waals surface area contributed by atoms with Crippen molar-refractivity contribution in [3.05, 3.63) is 65.2 Å². The van der Waals surface area contributed by atoms with E-state index in [1.165, 1.54) is 11.1 Å². The first-order valence-electron chi connectivity index (χ1n) is 10.1. The van der Waals surface area contributed by atoms with Crippen LogP contribution < -0.4 is 11.1 Å². The third-order valence-corrected chi connectivity index (χ3v) is 5.97. The molecule has 2 aromatic carbocycles. The number of aryl methyl sites for hydroxylation is 1. The summed E-state index contributed by atoms with van der Waals surface area (Å²) in [5.74, 6) is 0.138. The first kappa shape index (κ1) is 18.5. The maximum Gasteiger partial charge on any atom is 0.253 e. The highest BCUT2D eigenvalue weighted by Gasteiger charge is 2.30. The number of carbonyl (C=O) groups excluding carboxylic acids is 2. The predicted octanol–water partition coefficient (Wildman–Crippen LogP) is 3.31. The Balaban J connectivity index is 1.35. The molecule has 1 aliphatic heterocycles. The zero-order chi connectivity index (χ0) is 19.5. The summed E-state index contributed by atoms with van der Waals surface area (Å²) in [4.78, 5) is 27.3. The van der Waals surface area contributed by atoms with Gasteiger partial charge >= 0.3 is 0 Å². The smallest absolute Gasteiger partial charge is 0.253 e. The number of nitrogens with zero attached hydrogens (tertiary/aromatic N) is 1. The maximum absolute atomic E-state index is 12.9. The van der Waals surface area contributed by atoms with E-state index in [-0.39, 0.29) is 23.8 Å². The third-order valence-electron chi connectivity index (χ3n) is 5.97. The first-order valence-corrected chi connectivity index (χ1v) is 10.1. The van der Waals surface area contributed by atoms with Gasteiger partial charge in [-0.15, -0.1) is 0 Å². The van der Waals surface area contributed by atoms with E-state index in [0.29, 0.717) is 31.5 Å². The summed E-state index contributed by atoms with van der Waals surface area (Å²) in [6.45, 7) is 1.26. The minimum atomic E-state index is -0.0287. The van der Waals surface area contributed by atoms with Crippen LogP contribution in [0.3, 0.4) is 0 Å². The lowest BCUT2D eigenvalue weighted by molar-refractivity contribution is -0.127. The Morgan fingerprint density at radius 1 is 1.00 bits per heavy atom. The molecule has 2 aromatic rings. The highest BCUT2D eigenvalue weighted by molar-refractivity contribution is 5.94. The van der Waals surface area contributed by atoms with Crippen molar-refractivity contribution in [1.29, 1.82) is 0 Å². The predicted molar refractivity (Wildman–Crippen MR) is 110 cm³/mol. The van der Waals surface area contributed by atoms with Gasteiger partial charge in [0.1, 0.15) is 0 Å². The number of piperidine rings is 1. The summed E-state index contributed by atoms with van der Waals surface area (Å²) in [6, 6.07) is 15.4. The van der Waals surface area contributed by atoms with Crippen molar-refractivity contribution in [3.63, 3.8) is 0 Å². The Morgan fingerprint density at radius 2 is 1.75 bits per heavy atom. The molecule has 1 unspecified atom stereocenters. The molecule has 1 atom stereocenters. The molecule has 1 fully saturated rings. The van der Waals surface area contributed by atoms with Gasteiger partial charge in [-0.25, -0.2) is 0 Å². The standard InChI is InChI=1S/C23H27N3O2/c24-19-9-10-20-18(15-19)7-4-8-21(20)25-22(27)16-11-13-26(14-12-16)23(28)17-5-2-1-3-6-17/h1-3,5-6,9-10,15-16,21H,4,7-8,11-14,24H2,(H,25,27). The van der Waals surface area contributed by atoms with Crippen molar-refractivity contribution in [1.82, 2.24) is 10.2 Å². The van der Waals surface area contributed by atoms with Gasteiger partial charge in [-0.1, -0.05) is 24.3 Å². The number of nitrogen functional groups attached to an aromatic ring is 1. The topological polar surface area (TPSA) is 75.4 Å². The van der Waals surface area contributed by atoms with E-state index in [4.69, 9.17) is 5.73 Å². The van der Waals surface area contributed by atoms with Crippen LogP contribution in [0.4, 0.5) is 5.69 Å². The van der Waals surface area contributed by atoms with Crippen molar-refractivity contribution in [2.75, 3.05) is 18.8 Å². The Labute approximate surface area is 165 Å². The number of carbonyl (C=O) groups is 2. The van der Waals surface area contributed by atoms with Gasteiger partial charge in [0.15, 0.2) is 0 Å². The van der Waals surface area contributed by atoms with Gasteiger partial charge in [0.25, 0.3) is 5.91 Å². The normalized spacial score (nSPS) is 19.7. The average Bonchev–Trinajstić information content (AvgIpc) is 2.74. The zero-order valence-corrected chi connectivity index (χ0v) is 16.1. The van der Waals surface area contributed by atoms with Crippen LogP contribution >= 0.6 is 0 Å². The van der Waals surface area contributed by atoms with Gasteiger partial charge in [-0.2, -0.15) is 0 Å². The fourth-order valence-electron chi connectivity index (χ4n) is 4.38. The fraction of sp³-hybridized carbons (Fsp3) is 0.391. The van der Waals surface area contributed by atoms with Gasteiger partial charge in [0.2, 0.25) is 5.91 Å². The second-order valence-electron chi connectivity index (χ2n) is 7.84. The molecule has 0 saturated carbocycles. The molecule has 3 N–H and O–H groups in total. The van der Waals surface area contributed by atoms with Crippen molar-refractivity contribution in [3.8, 4) is 0 Å². The summed E-state index contributed by atoms with van der Waals surface area (Å²) in [5, 5.41) is 3.26. The Hall–Kier alpha value is -2.82. The molecule has 2 amide bonds. The van der Waals surface area contributed by atoms with E-state index in [2.05, 4.69) is 11.4 Å². The van der Waals surface area contributed by atoms with Crippen LogP contribution in [-0.4, -0.2) is 29.8 Å². The molecule has 146 valence electrons. The summed E-state index contributed by atoms with van der Waals surface area (Å²) >= 11 is 0. The molecule has 1 saturated heterocycles. The number of nitrogens with two attached hydrogens (primary N) is 1. The van der Waals surface area contributed by atoms with Crippen LogP contribution in [0.1, 0.15) is 53.2 Å². The minimum Gasteiger partial charge on any atom is -0.399 e. The first-order chi connectivity index (χ1) is 13.6. The fourth-order valence-corrected chi connectivity index (χ4v) is 4.38. The van der Waals surface area contributed by atoms with E-state index in [9.17, 15) is 9.59 Å². The molecule has 0 aromatic heterocycles. The van der Waals surface area contributed by atoms with Crippen molar-refractivity contribution >= 4 is 17.5 Å². The highest BCUT2D eigenvalue weighted by atomic mass is 16.2. The highest BCUT2D eigenvalue weighted by Crippen LogP contribution is 2.31. The number of anilines is 1. The molecule has 5 heteroatoms. The van der Waals surface area contributed by atoms with E-state index in [0.717, 1.165) is 24.9 Å². The quantitative estimate of drug-likeness (QED) is 0.806. The molecule has 0 bridgehead atoms. The number of nitrogens with one attached hydrogen (secondary N) is 1. The molecule has 0 spiro atoms. The molecule has 2 aliphatic rings. The molecule has 5 nitrogen and oxygen atoms in total. The molecule has 4 rings (SSSR count). The monoisotopic (exact) mass is 377 g/mol. The lowest BCUT2D eigenvalue weighted by Crippen LogP contribution is -2.44. The van der Waals surface area contributed by atoms with Crippen LogP contribution in [0.2, 0.25) is 0 Å². The van der Waals surface area contributed by atoms with E-state index < -0.39 is 0 Å². The summed E-state index contributed by atoms with van der Waals surface area (Å²) in [7, 11) is 0. The van der Waals surface area contributed by atoms with Gasteiger partial charge in [-0.05, 0) is 67.5 Å². The number of benzene rings is 2. The van der Waals surface area contributed by atoms with E-state index in [1.807, 2.05) is 47.4 Å². The van der Waals surface area contributed by atoms with Crippen molar-refractivity contribution in [2.24, 2.45) is 5.92 Å². The minimum absolute atomic E-state index is 0.0287. The largest absolute Gasteiger partial charge is 0.399 e. The molecular weight excluding hydrogens is 350 g/mol. The van der Waals surface area contributed by atoms with Crippen LogP contribution in [0, 0.1) is 5.92 Å². The van der Waals surface area contributed by atoms with Gasteiger partial charge in [-0.3, -0.25) is 9.59 Å². The molecule has 28 heavy (non-hydrogen) atoms. The van der Waals surface area contributed by atoms with Crippen LogP contribution in [0.5, 0.6) is 0 Å². The summed E-state index contributed by atoms with van der Waals surface area (Å²) in [5.41, 5.74) is 9.85. The third kappa shape index (κ3) is 3.88.